The Morgan fingerprint density at radius 1 is 0.392 bits per heavy atom. The molecule has 2 atom stereocenters. The molecule has 0 bridgehead atoms. The van der Waals surface area contributed by atoms with Gasteiger partial charge in [0.2, 0.25) is 0 Å². The molecule has 348 valence electrons. The van der Waals surface area contributed by atoms with Gasteiger partial charge < -0.3 is 10.6 Å². The molecule has 2 aliphatic heterocycles. The van der Waals surface area contributed by atoms with E-state index in [0.717, 1.165) is 83.2 Å². The van der Waals surface area contributed by atoms with Gasteiger partial charge >= 0.3 is 0 Å². The number of benzene rings is 10. The van der Waals surface area contributed by atoms with E-state index >= 15 is 0 Å². The number of rotatable bonds is 8. The maximum absolute atomic E-state index is 5.23. The highest BCUT2D eigenvalue weighted by Gasteiger charge is 2.24. The van der Waals surface area contributed by atoms with Gasteiger partial charge in [-0.2, -0.15) is 0 Å². The molecule has 0 fully saturated rings. The second-order valence-electron chi connectivity index (χ2n) is 19.2. The molecule has 1 aromatic heterocycles. The smallest absolute Gasteiger partial charge is 0.159 e. The van der Waals surface area contributed by atoms with Gasteiger partial charge in [-0.15, -0.1) is 0 Å². The molecule has 74 heavy (non-hydrogen) atoms. The highest BCUT2D eigenvalue weighted by atomic mass is 15.2. The van der Waals surface area contributed by atoms with Crippen LogP contribution in [0.1, 0.15) is 28.4 Å². The van der Waals surface area contributed by atoms with E-state index in [1.807, 2.05) is 36.7 Å². The van der Waals surface area contributed by atoms with Crippen molar-refractivity contribution in [3.63, 3.8) is 0 Å². The number of hydrogen-bond acceptors (Lipinski definition) is 5. The number of aliphatic imine (C=N–C) groups is 2. The van der Waals surface area contributed by atoms with E-state index in [2.05, 4.69) is 240 Å². The number of nitrogens with zero attached hydrogens (tertiary/aromatic N) is 3. The largest absolute Gasteiger partial charge is 0.374 e. The van der Waals surface area contributed by atoms with Crippen LogP contribution in [0, 0.1) is 0 Å². The van der Waals surface area contributed by atoms with E-state index < -0.39 is 0 Å². The Kier molecular flexibility index (Phi) is 10.6. The summed E-state index contributed by atoms with van der Waals surface area (Å²) in [4.78, 5) is 14.9. The summed E-state index contributed by atoms with van der Waals surface area (Å²) in [6.45, 7) is 0. The minimum atomic E-state index is -0.299. The van der Waals surface area contributed by atoms with E-state index in [0.29, 0.717) is 5.84 Å². The molecular weight excluding hydrogens is 899 g/mol. The summed E-state index contributed by atoms with van der Waals surface area (Å²) in [6.07, 6.45) is 12.2. The van der Waals surface area contributed by atoms with Crippen LogP contribution in [0.15, 0.2) is 271 Å². The summed E-state index contributed by atoms with van der Waals surface area (Å²) < 4.78 is 0. The zero-order valence-corrected chi connectivity index (χ0v) is 40.3. The van der Waals surface area contributed by atoms with E-state index in [1.54, 1.807) is 0 Å². The van der Waals surface area contributed by atoms with Gasteiger partial charge in [0.05, 0.1) is 11.7 Å². The number of fused-ring (bicyclic) bond motifs is 5. The fraction of sp³-hybridized carbons (Fsp3) is 0.0290. The van der Waals surface area contributed by atoms with Crippen LogP contribution in [-0.2, 0) is 0 Å². The highest BCUT2D eigenvalue weighted by Crippen LogP contribution is 2.39. The lowest BCUT2D eigenvalue weighted by Crippen LogP contribution is -2.45. The molecule has 11 aromatic rings. The van der Waals surface area contributed by atoms with Crippen molar-refractivity contribution in [3.8, 4) is 44.5 Å². The second-order valence-corrected chi connectivity index (χ2v) is 19.2. The Balaban J connectivity index is 0.892. The highest BCUT2D eigenvalue weighted by molar-refractivity contribution is 6.18. The number of pyridine rings is 1. The van der Waals surface area contributed by atoms with Gasteiger partial charge in [0.25, 0.3) is 0 Å². The molecule has 1 aliphatic carbocycles. The molecule has 0 spiro atoms. The molecule has 10 aromatic carbocycles. The predicted molar refractivity (Wildman–Crippen MR) is 307 cm³/mol. The van der Waals surface area contributed by atoms with E-state index in [4.69, 9.17) is 9.98 Å². The predicted octanol–water partition coefficient (Wildman–Crippen LogP) is 14.1. The van der Waals surface area contributed by atoms with E-state index in [9.17, 15) is 0 Å². The fourth-order valence-corrected chi connectivity index (χ4v) is 11.1. The molecule has 5 nitrogen and oxygen atoms in total. The van der Waals surface area contributed by atoms with Crippen molar-refractivity contribution in [2.75, 3.05) is 0 Å². The van der Waals surface area contributed by atoms with Crippen molar-refractivity contribution in [2.45, 2.75) is 12.2 Å². The third-order valence-electron chi connectivity index (χ3n) is 14.8. The minimum Gasteiger partial charge on any atom is -0.374 e. The second kappa shape index (κ2) is 18.2. The molecule has 3 aliphatic rings. The maximum atomic E-state index is 5.23. The van der Waals surface area contributed by atoms with Crippen LogP contribution in [0.5, 0.6) is 0 Å². The number of hydrogen-bond donors (Lipinski definition) is 2. The normalized spacial score (nSPS) is 15.8. The first-order chi connectivity index (χ1) is 36.6. The number of allylic oxidation sites excluding steroid dienone is 2. The van der Waals surface area contributed by atoms with Crippen molar-refractivity contribution >= 4 is 55.3 Å². The summed E-state index contributed by atoms with van der Waals surface area (Å²) in [6, 6.07) is 81.1. The van der Waals surface area contributed by atoms with Crippen molar-refractivity contribution in [3.05, 3.63) is 294 Å². The average molecular weight is 946 g/mol. The van der Waals surface area contributed by atoms with Crippen LogP contribution in [-0.4, -0.2) is 22.7 Å². The molecular formula is C69H47N5. The van der Waals surface area contributed by atoms with Gasteiger partial charge in [0.15, 0.2) is 5.84 Å². The Morgan fingerprint density at radius 2 is 1.01 bits per heavy atom. The Morgan fingerprint density at radius 3 is 1.84 bits per heavy atom. The molecule has 5 heteroatoms. The number of nitrogens with one attached hydrogen (secondary N) is 2. The molecule has 3 heterocycles. The lowest BCUT2D eigenvalue weighted by molar-refractivity contribution is 0.674. The Bertz CT molecular complexity index is 4300. The zero-order chi connectivity index (χ0) is 49.0. The van der Waals surface area contributed by atoms with Crippen LogP contribution in [0.2, 0.25) is 0 Å². The Labute approximate surface area is 429 Å². The van der Waals surface area contributed by atoms with Crippen molar-refractivity contribution in [1.29, 1.82) is 0 Å². The van der Waals surface area contributed by atoms with Gasteiger partial charge in [-0.1, -0.05) is 212 Å². The van der Waals surface area contributed by atoms with Crippen LogP contribution in [0.3, 0.4) is 0 Å². The van der Waals surface area contributed by atoms with Crippen molar-refractivity contribution in [1.82, 2.24) is 15.6 Å². The van der Waals surface area contributed by atoms with Crippen LogP contribution in [0.4, 0.5) is 0 Å². The van der Waals surface area contributed by atoms with Gasteiger partial charge in [-0.05, 0) is 135 Å². The van der Waals surface area contributed by atoms with Crippen LogP contribution in [0.25, 0.3) is 88.1 Å². The summed E-state index contributed by atoms with van der Waals surface area (Å²) in [5.41, 5.74) is 15.9. The summed E-state index contributed by atoms with van der Waals surface area (Å²) in [5.74, 6) is 1.50. The number of amidine groups is 2. The van der Waals surface area contributed by atoms with Gasteiger partial charge in [0, 0.05) is 28.7 Å². The summed E-state index contributed by atoms with van der Waals surface area (Å²) in [5, 5.41) is 17.0. The average Bonchev–Trinajstić information content (AvgIpc) is 3.48. The first kappa shape index (κ1) is 43.1. The lowest BCUT2D eigenvalue weighted by atomic mass is 9.89. The quantitative estimate of drug-likeness (QED) is 0.160. The van der Waals surface area contributed by atoms with E-state index in [1.165, 1.54) is 43.5 Å². The zero-order valence-electron chi connectivity index (χ0n) is 40.3. The molecule has 2 unspecified atom stereocenters. The lowest BCUT2D eigenvalue weighted by Gasteiger charge is -2.26. The first-order valence-corrected chi connectivity index (χ1v) is 25.3. The van der Waals surface area contributed by atoms with Crippen LogP contribution >= 0.6 is 0 Å². The minimum absolute atomic E-state index is 0.110. The molecule has 14 rings (SSSR count). The molecule has 0 saturated heterocycles. The summed E-state index contributed by atoms with van der Waals surface area (Å²) >= 11 is 0. The first-order valence-electron chi connectivity index (χ1n) is 25.3. The fourth-order valence-electron chi connectivity index (χ4n) is 11.1. The number of aromatic nitrogens is 1. The third-order valence-corrected chi connectivity index (χ3v) is 14.8. The third kappa shape index (κ3) is 7.79. The Hall–Kier alpha value is -9.71. The summed E-state index contributed by atoms with van der Waals surface area (Å²) in [7, 11) is 0. The van der Waals surface area contributed by atoms with Gasteiger partial charge in [-0.25, -0.2) is 9.98 Å². The standard InChI is InChI=1S/C69H47N5/c1-3-15-47(16-4-1)67-72-68(48-17-5-2-6-18-48)74-69(73-67)63-26-13-24-59-58(23-12-25-60(59)63)55-41-53(44-28-30-46(31-29-44)57-22-11-19-45-14-7-8-20-56(45)57)40-54(42-55)51-33-32-50-39-52(35-34-49(50)38-51)66-64-43-70-37-36-61(64)62-21-9-10-27-65(62)71-66/h1-43,65,67,71H,(H,72,73,74). The van der Waals surface area contributed by atoms with Crippen molar-refractivity contribution in [2.24, 2.45) is 9.98 Å². The van der Waals surface area contributed by atoms with Crippen molar-refractivity contribution < 1.29 is 0 Å². The maximum Gasteiger partial charge on any atom is 0.159 e. The molecule has 0 amide bonds. The monoisotopic (exact) mass is 945 g/mol. The van der Waals surface area contributed by atoms with E-state index in [-0.39, 0.29) is 12.2 Å². The SMILES string of the molecule is C1=CC2=c3ccncc3=C(c3ccc4cc(-c5cc(-c6ccc(-c7cccc8ccccc78)cc6)cc(-c6cccc7c(C8=NC(c9ccccc9)=NC(c9ccccc9)N8)cccc67)c5)ccc4c3)NC2C=C1. The molecule has 0 radical (unpaired) electrons. The van der Waals surface area contributed by atoms with Crippen LogP contribution < -0.4 is 21.1 Å². The van der Waals surface area contributed by atoms with Gasteiger partial charge in [0.1, 0.15) is 12.0 Å². The van der Waals surface area contributed by atoms with Gasteiger partial charge in [-0.3, -0.25) is 4.98 Å². The molecule has 2 N–H and O–H groups in total. The topological polar surface area (TPSA) is 61.7 Å². The molecule has 0 saturated carbocycles.